The third-order valence-corrected chi connectivity index (χ3v) is 3.43. The highest BCUT2D eigenvalue weighted by molar-refractivity contribution is 7.99. The van der Waals surface area contributed by atoms with Crippen LogP contribution in [0.5, 0.6) is 0 Å². The number of nitrogens with two attached hydrogens (primary N) is 1. The summed E-state index contributed by atoms with van der Waals surface area (Å²) >= 11 is 1.80. The molecule has 0 saturated heterocycles. The molecule has 3 nitrogen and oxygen atoms in total. The lowest BCUT2D eigenvalue weighted by Crippen LogP contribution is -2.10. The predicted molar refractivity (Wildman–Crippen MR) is 65.0 cm³/mol. The van der Waals surface area contributed by atoms with Gasteiger partial charge in [0, 0.05) is 16.0 Å². The van der Waals surface area contributed by atoms with Crippen molar-refractivity contribution in [3.8, 4) is 0 Å². The van der Waals surface area contributed by atoms with Crippen molar-refractivity contribution in [1.82, 2.24) is 0 Å². The Morgan fingerprint density at radius 2 is 2.20 bits per heavy atom. The summed E-state index contributed by atoms with van der Waals surface area (Å²) in [5.74, 6) is 1.84. The molecule has 0 saturated carbocycles. The molecule has 0 bridgehead atoms. The average Bonchev–Trinajstić information content (AvgIpc) is 2.52. The van der Waals surface area contributed by atoms with Crippen LogP contribution in [0, 0.1) is 5.41 Å². The zero-order valence-corrected chi connectivity index (χ0v) is 9.40. The maximum atomic E-state index is 7.66. The van der Waals surface area contributed by atoms with Crippen LogP contribution in [-0.4, -0.2) is 17.4 Å². The third-order valence-electron chi connectivity index (χ3n) is 2.23. The fraction of sp³-hybridized carbons (Fsp3) is 0.273. The van der Waals surface area contributed by atoms with Crippen LogP contribution in [0.2, 0.25) is 0 Å². The molecule has 0 fully saturated rings. The average molecular weight is 219 g/mol. The lowest BCUT2D eigenvalue weighted by molar-refractivity contribution is 1.10. The Hall–Kier alpha value is -1.29. The van der Waals surface area contributed by atoms with Crippen molar-refractivity contribution in [2.45, 2.75) is 18.2 Å². The first-order valence-corrected chi connectivity index (χ1v) is 5.91. The number of amidine groups is 2. The second kappa shape index (κ2) is 4.06. The van der Waals surface area contributed by atoms with E-state index in [9.17, 15) is 0 Å². The summed E-state index contributed by atoms with van der Waals surface area (Å²) in [7, 11) is 0. The van der Waals surface area contributed by atoms with Gasteiger partial charge >= 0.3 is 0 Å². The number of aliphatic imine (C=N–C) groups is 1. The minimum absolute atomic E-state index is 0.279. The number of hydrogen-bond donors (Lipinski definition) is 2. The molecule has 0 aromatic heterocycles. The Balaban J connectivity index is 2.29. The highest BCUT2D eigenvalue weighted by Crippen LogP contribution is 2.25. The Bertz CT molecular complexity index is 437. The van der Waals surface area contributed by atoms with Gasteiger partial charge in [0.2, 0.25) is 0 Å². The summed E-state index contributed by atoms with van der Waals surface area (Å²) in [6.07, 6.45) is 1.15. The van der Waals surface area contributed by atoms with Gasteiger partial charge in [0.1, 0.15) is 5.84 Å². The van der Waals surface area contributed by atoms with Crippen molar-refractivity contribution < 1.29 is 0 Å². The van der Waals surface area contributed by atoms with E-state index in [-0.39, 0.29) is 5.84 Å². The van der Waals surface area contributed by atoms with E-state index in [0.29, 0.717) is 5.84 Å². The van der Waals surface area contributed by atoms with Gasteiger partial charge in [0.15, 0.2) is 5.84 Å². The van der Waals surface area contributed by atoms with Crippen LogP contribution in [0.4, 0.5) is 0 Å². The monoisotopic (exact) mass is 219 g/mol. The van der Waals surface area contributed by atoms with Crippen molar-refractivity contribution in [2.75, 3.05) is 5.75 Å². The van der Waals surface area contributed by atoms with Crippen LogP contribution in [0.1, 0.15) is 24.5 Å². The minimum atomic E-state index is 0.279. The largest absolute Gasteiger partial charge is 0.383 e. The van der Waals surface area contributed by atoms with Gasteiger partial charge in [-0.25, -0.2) is 4.99 Å². The van der Waals surface area contributed by atoms with E-state index in [1.54, 1.807) is 11.8 Å². The number of benzene rings is 1. The fourth-order valence-electron chi connectivity index (χ4n) is 1.49. The third kappa shape index (κ3) is 1.90. The van der Waals surface area contributed by atoms with Crippen molar-refractivity contribution >= 4 is 23.4 Å². The minimum Gasteiger partial charge on any atom is -0.383 e. The van der Waals surface area contributed by atoms with E-state index >= 15 is 0 Å². The molecule has 1 aliphatic heterocycles. The number of nitrogens with zero attached hydrogens (tertiary/aromatic N) is 1. The summed E-state index contributed by atoms with van der Waals surface area (Å²) in [6.45, 7) is 2.16. The molecule has 4 heteroatoms. The molecular weight excluding hydrogens is 206 g/mol. The molecule has 0 radical (unpaired) electrons. The van der Waals surface area contributed by atoms with E-state index < -0.39 is 0 Å². The van der Waals surface area contributed by atoms with Gasteiger partial charge in [0.25, 0.3) is 0 Å². The van der Waals surface area contributed by atoms with E-state index in [2.05, 4.69) is 11.9 Å². The standard InChI is InChI=1S/C11H13N3S/c1-2-5-15-7-3-4-8-9(6-7)11(13)14-10(8)12/h3-4,6H,2,5H2,1H3,(H3,12,13,14). The van der Waals surface area contributed by atoms with Crippen LogP contribution >= 0.6 is 11.8 Å². The van der Waals surface area contributed by atoms with Crippen molar-refractivity contribution in [1.29, 1.82) is 5.41 Å². The molecular formula is C11H13N3S. The first-order chi connectivity index (χ1) is 7.22. The topological polar surface area (TPSA) is 62.2 Å². The summed E-state index contributed by atoms with van der Waals surface area (Å²) < 4.78 is 0. The summed E-state index contributed by atoms with van der Waals surface area (Å²) in [4.78, 5) is 5.13. The molecule has 1 heterocycles. The van der Waals surface area contributed by atoms with Crippen molar-refractivity contribution in [3.63, 3.8) is 0 Å². The lowest BCUT2D eigenvalue weighted by Gasteiger charge is -2.03. The zero-order valence-electron chi connectivity index (χ0n) is 8.58. The molecule has 0 spiro atoms. The molecule has 1 aliphatic rings. The number of fused-ring (bicyclic) bond motifs is 1. The number of rotatable bonds is 3. The SMILES string of the molecule is CCCSc1ccc2c(c1)C(=N)N=C2N. The van der Waals surface area contributed by atoms with Gasteiger partial charge in [-0.3, -0.25) is 5.41 Å². The molecule has 1 aromatic rings. The normalized spacial score (nSPS) is 13.9. The van der Waals surface area contributed by atoms with Crippen LogP contribution in [0.15, 0.2) is 28.1 Å². The number of thioether (sulfide) groups is 1. The number of hydrogen-bond acceptors (Lipinski definition) is 3. The first-order valence-electron chi connectivity index (χ1n) is 4.92. The first kappa shape index (κ1) is 10.2. The Morgan fingerprint density at radius 1 is 1.40 bits per heavy atom. The highest BCUT2D eigenvalue weighted by atomic mass is 32.2. The van der Waals surface area contributed by atoms with Crippen LogP contribution < -0.4 is 5.73 Å². The van der Waals surface area contributed by atoms with Gasteiger partial charge in [-0.1, -0.05) is 6.92 Å². The number of nitrogens with one attached hydrogen (secondary N) is 1. The molecule has 78 valence electrons. The second-order valence-electron chi connectivity index (χ2n) is 3.40. The molecule has 0 atom stereocenters. The Labute approximate surface area is 93.3 Å². The van der Waals surface area contributed by atoms with Crippen LogP contribution in [0.25, 0.3) is 0 Å². The summed E-state index contributed by atoms with van der Waals surface area (Å²) in [5.41, 5.74) is 7.43. The summed E-state index contributed by atoms with van der Waals surface area (Å²) in [5, 5.41) is 7.66. The van der Waals surface area contributed by atoms with Crippen LogP contribution in [-0.2, 0) is 0 Å². The predicted octanol–water partition coefficient (Wildman–Crippen LogP) is 2.23. The molecule has 0 amide bonds. The van der Waals surface area contributed by atoms with Gasteiger partial charge in [-0.2, -0.15) is 0 Å². The second-order valence-corrected chi connectivity index (χ2v) is 4.57. The Morgan fingerprint density at radius 3 is 2.93 bits per heavy atom. The maximum absolute atomic E-state index is 7.66. The highest BCUT2D eigenvalue weighted by Gasteiger charge is 2.18. The maximum Gasteiger partial charge on any atom is 0.154 e. The van der Waals surface area contributed by atoms with E-state index in [1.165, 1.54) is 4.90 Å². The van der Waals surface area contributed by atoms with Crippen molar-refractivity contribution in [3.05, 3.63) is 29.3 Å². The summed E-state index contributed by atoms with van der Waals surface area (Å²) in [6, 6.07) is 6.00. The molecule has 0 aliphatic carbocycles. The molecule has 0 unspecified atom stereocenters. The van der Waals surface area contributed by atoms with Gasteiger partial charge in [-0.15, -0.1) is 11.8 Å². The molecule has 1 aromatic carbocycles. The zero-order chi connectivity index (χ0) is 10.8. The van der Waals surface area contributed by atoms with E-state index in [4.69, 9.17) is 11.1 Å². The quantitative estimate of drug-likeness (QED) is 0.766. The van der Waals surface area contributed by atoms with E-state index in [1.807, 2.05) is 18.2 Å². The van der Waals surface area contributed by atoms with Gasteiger partial charge < -0.3 is 5.73 Å². The van der Waals surface area contributed by atoms with Crippen molar-refractivity contribution in [2.24, 2.45) is 10.7 Å². The van der Waals surface area contributed by atoms with Crippen LogP contribution in [0.3, 0.4) is 0 Å². The Kier molecular flexibility index (Phi) is 2.77. The van der Waals surface area contributed by atoms with Gasteiger partial charge in [-0.05, 0) is 30.4 Å². The molecule has 15 heavy (non-hydrogen) atoms. The smallest absolute Gasteiger partial charge is 0.154 e. The van der Waals surface area contributed by atoms with E-state index in [0.717, 1.165) is 23.3 Å². The molecule has 3 N–H and O–H groups in total. The van der Waals surface area contributed by atoms with Gasteiger partial charge in [0.05, 0.1) is 0 Å². The molecule has 2 rings (SSSR count). The fourth-order valence-corrected chi connectivity index (χ4v) is 2.30. The lowest BCUT2D eigenvalue weighted by atomic mass is 10.1.